The zero-order valence-corrected chi connectivity index (χ0v) is 9.95. The minimum atomic E-state index is -1.13. The van der Waals surface area contributed by atoms with Crippen molar-refractivity contribution in [1.82, 2.24) is 0 Å². The molecule has 92 valence electrons. The zero-order chi connectivity index (χ0) is 12.2. The second kappa shape index (κ2) is 5.30. The summed E-state index contributed by atoms with van der Waals surface area (Å²) in [5.74, 6) is -0.997. The highest BCUT2D eigenvalue weighted by Gasteiger charge is 2.58. The maximum Gasteiger partial charge on any atom is 0.323 e. The van der Waals surface area contributed by atoms with E-state index in [1.54, 1.807) is 21.0 Å². The van der Waals surface area contributed by atoms with Gasteiger partial charge in [-0.1, -0.05) is 0 Å². The van der Waals surface area contributed by atoms with E-state index >= 15 is 0 Å². The molecule has 0 amide bonds. The van der Waals surface area contributed by atoms with Crippen molar-refractivity contribution in [3.63, 3.8) is 0 Å². The SMILES string of the molecule is CCOC(=O)C1(C(=O)OCC)CC(OC)C1. The molecule has 0 saturated heterocycles. The maximum absolute atomic E-state index is 11.7. The minimum absolute atomic E-state index is 0.0613. The van der Waals surface area contributed by atoms with E-state index in [1.807, 2.05) is 0 Å². The molecule has 0 aromatic heterocycles. The molecule has 0 N–H and O–H groups in total. The summed E-state index contributed by atoms with van der Waals surface area (Å²) in [7, 11) is 1.56. The number of rotatable bonds is 5. The lowest BCUT2D eigenvalue weighted by Gasteiger charge is -2.41. The number of ether oxygens (including phenoxy) is 3. The topological polar surface area (TPSA) is 61.8 Å². The molecule has 1 rings (SSSR count). The van der Waals surface area contributed by atoms with Crippen LogP contribution >= 0.6 is 0 Å². The highest BCUT2D eigenvalue weighted by atomic mass is 16.6. The predicted octanol–water partition coefficient (Wildman–Crippen LogP) is 0.908. The summed E-state index contributed by atoms with van der Waals surface area (Å²) in [6, 6.07) is 0. The Balaban J connectivity index is 2.71. The number of carbonyl (C=O) groups is 2. The summed E-state index contributed by atoms with van der Waals surface area (Å²) in [6.07, 6.45) is 0.635. The molecule has 5 nitrogen and oxygen atoms in total. The van der Waals surface area contributed by atoms with Gasteiger partial charge in [-0.2, -0.15) is 0 Å². The van der Waals surface area contributed by atoms with Crippen LogP contribution in [-0.2, 0) is 23.8 Å². The molecule has 5 heteroatoms. The van der Waals surface area contributed by atoms with Crippen LogP contribution in [0.1, 0.15) is 26.7 Å². The number of methoxy groups -OCH3 is 1. The number of hydrogen-bond donors (Lipinski definition) is 0. The summed E-state index contributed by atoms with van der Waals surface area (Å²) >= 11 is 0. The van der Waals surface area contributed by atoms with Gasteiger partial charge in [0.25, 0.3) is 0 Å². The lowest BCUT2D eigenvalue weighted by molar-refractivity contribution is -0.189. The number of hydrogen-bond acceptors (Lipinski definition) is 5. The number of carbonyl (C=O) groups excluding carboxylic acids is 2. The number of esters is 2. The van der Waals surface area contributed by atoms with Gasteiger partial charge < -0.3 is 14.2 Å². The summed E-state index contributed by atoms with van der Waals surface area (Å²) in [6.45, 7) is 3.95. The third kappa shape index (κ3) is 2.19. The molecular formula is C11H18O5. The van der Waals surface area contributed by atoms with Gasteiger partial charge in [0.1, 0.15) is 0 Å². The van der Waals surface area contributed by atoms with Gasteiger partial charge in [0.15, 0.2) is 5.41 Å². The molecule has 0 spiro atoms. The lowest BCUT2D eigenvalue weighted by atomic mass is 9.66. The van der Waals surface area contributed by atoms with Crippen LogP contribution in [0.25, 0.3) is 0 Å². The monoisotopic (exact) mass is 230 g/mol. The van der Waals surface area contributed by atoms with Crippen molar-refractivity contribution in [3.8, 4) is 0 Å². The van der Waals surface area contributed by atoms with Crippen molar-refractivity contribution < 1.29 is 23.8 Å². The zero-order valence-electron chi connectivity index (χ0n) is 9.95. The Kier molecular flexibility index (Phi) is 4.29. The molecule has 0 bridgehead atoms. The maximum atomic E-state index is 11.7. The Morgan fingerprint density at radius 3 is 1.88 bits per heavy atom. The molecule has 1 saturated carbocycles. The van der Waals surface area contributed by atoms with Crippen LogP contribution in [0, 0.1) is 5.41 Å². The first-order valence-corrected chi connectivity index (χ1v) is 5.48. The Hall–Kier alpha value is -1.10. The van der Waals surface area contributed by atoms with E-state index in [0.717, 1.165) is 0 Å². The average Bonchev–Trinajstić information content (AvgIpc) is 2.17. The Morgan fingerprint density at radius 1 is 1.12 bits per heavy atom. The smallest absolute Gasteiger partial charge is 0.323 e. The van der Waals surface area contributed by atoms with Gasteiger partial charge in [-0.25, -0.2) is 0 Å². The van der Waals surface area contributed by atoms with E-state index < -0.39 is 17.4 Å². The third-order valence-corrected chi connectivity index (χ3v) is 2.82. The molecular weight excluding hydrogens is 212 g/mol. The van der Waals surface area contributed by atoms with Crippen LogP contribution in [0.2, 0.25) is 0 Å². The van der Waals surface area contributed by atoms with E-state index in [9.17, 15) is 9.59 Å². The summed E-state index contributed by atoms with van der Waals surface area (Å²) in [5.41, 5.74) is -1.13. The molecule has 0 heterocycles. The van der Waals surface area contributed by atoms with E-state index in [2.05, 4.69) is 0 Å². The molecule has 1 aliphatic rings. The lowest BCUT2D eigenvalue weighted by Crippen LogP contribution is -2.54. The van der Waals surface area contributed by atoms with Crippen LogP contribution in [0.3, 0.4) is 0 Å². The van der Waals surface area contributed by atoms with Crippen molar-refractivity contribution >= 4 is 11.9 Å². The largest absolute Gasteiger partial charge is 0.465 e. The molecule has 0 unspecified atom stereocenters. The fraction of sp³-hybridized carbons (Fsp3) is 0.818. The van der Waals surface area contributed by atoms with Gasteiger partial charge >= 0.3 is 11.9 Å². The molecule has 1 aliphatic carbocycles. The highest BCUT2D eigenvalue weighted by Crippen LogP contribution is 2.44. The Bertz CT molecular complexity index is 248. The van der Waals surface area contributed by atoms with Gasteiger partial charge in [0.05, 0.1) is 19.3 Å². The minimum Gasteiger partial charge on any atom is -0.465 e. The van der Waals surface area contributed by atoms with Gasteiger partial charge in [0, 0.05) is 20.0 Å². The van der Waals surface area contributed by atoms with Crippen LogP contribution in [-0.4, -0.2) is 38.4 Å². The van der Waals surface area contributed by atoms with Gasteiger partial charge in [0.2, 0.25) is 0 Å². The van der Waals surface area contributed by atoms with Crippen molar-refractivity contribution in [3.05, 3.63) is 0 Å². The average molecular weight is 230 g/mol. The third-order valence-electron chi connectivity index (χ3n) is 2.82. The van der Waals surface area contributed by atoms with E-state index in [-0.39, 0.29) is 19.3 Å². The quantitative estimate of drug-likeness (QED) is 0.519. The molecule has 0 atom stereocenters. The fourth-order valence-electron chi connectivity index (χ4n) is 1.84. The fourth-order valence-corrected chi connectivity index (χ4v) is 1.84. The molecule has 0 aliphatic heterocycles. The first-order valence-electron chi connectivity index (χ1n) is 5.48. The van der Waals surface area contributed by atoms with Crippen molar-refractivity contribution in [2.45, 2.75) is 32.8 Å². The van der Waals surface area contributed by atoms with E-state index in [4.69, 9.17) is 14.2 Å². The first kappa shape index (κ1) is 13.0. The highest BCUT2D eigenvalue weighted by molar-refractivity contribution is 6.01. The van der Waals surface area contributed by atoms with Crippen molar-refractivity contribution in [2.75, 3.05) is 20.3 Å². The van der Waals surface area contributed by atoms with Crippen LogP contribution < -0.4 is 0 Å². The molecule has 0 aromatic rings. The van der Waals surface area contributed by atoms with E-state index in [0.29, 0.717) is 12.8 Å². The Morgan fingerprint density at radius 2 is 1.56 bits per heavy atom. The second-order valence-electron chi connectivity index (χ2n) is 3.79. The van der Waals surface area contributed by atoms with Crippen LogP contribution in [0.4, 0.5) is 0 Å². The second-order valence-corrected chi connectivity index (χ2v) is 3.79. The molecule has 0 aromatic carbocycles. The van der Waals surface area contributed by atoms with Gasteiger partial charge in [-0.05, 0) is 13.8 Å². The summed E-state index contributed by atoms with van der Waals surface area (Å²) < 4.78 is 14.9. The first-order chi connectivity index (χ1) is 7.60. The predicted molar refractivity (Wildman–Crippen MR) is 55.7 cm³/mol. The van der Waals surface area contributed by atoms with Crippen molar-refractivity contribution in [1.29, 1.82) is 0 Å². The Labute approximate surface area is 95.0 Å². The van der Waals surface area contributed by atoms with Crippen LogP contribution in [0.15, 0.2) is 0 Å². The molecule has 16 heavy (non-hydrogen) atoms. The van der Waals surface area contributed by atoms with Gasteiger partial charge in [-0.3, -0.25) is 9.59 Å². The molecule has 0 radical (unpaired) electrons. The standard InChI is InChI=1S/C11H18O5/c1-4-15-9(12)11(10(13)16-5-2)6-8(7-11)14-3/h8H,4-7H2,1-3H3. The van der Waals surface area contributed by atoms with E-state index in [1.165, 1.54) is 0 Å². The summed E-state index contributed by atoms with van der Waals surface area (Å²) in [5, 5.41) is 0. The van der Waals surface area contributed by atoms with Crippen LogP contribution in [0.5, 0.6) is 0 Å². The summed E-state index contributed by atoms with van der Waals surface area (Å²) in [4.78, 5) is 23.5. The normalized spacial score (nSPS) is 18.7. The molecule has 1 fully saturated rings. The van der Waals surface area contributed by atoms with Crippen molar-refractivity contribution in [2.24, 2.45) is 5.41 Å². The van der Waals surface area contributed by atoms with Gasteiger partial charge in [-0.15, -0.1) is 0 Å².